The van der Waals surface area contributed by atoms with E-state index in [2.05, 4.69) is 18.6 Å². The zero-order valence-corrected chi connectivity index (χ0v) is 10.2. The fraction of sp³-hybridized carbons (Fsp3) is 0.833. The minimum absolute atomic E-state index is 0.0151. The van der Waals surface area contributed by atoms with E-state index in [-0.39, 0.29) is 23.0 Å². The Morgan fingerprint density at radius 1 is 1.33 bits per heavy atom. The van der Waals surface area contributed by atoms with Gasteiger partial charge in [0.25, 0.3) is 0 Å². The maximum Gasteiger partial charge on any atom is 0.316 e. The summed E-state index contributed by atoms with van der Waals surface area (Å²) < 4.78 is 4.68. The van der Waals surface area contributed by atoms with Gasteiger partial charge in [-0.05, 0) is 17.8 Å². The van der Waals surface area contributed by atoms with Crippen LogP contribution >= 0.6 is 0 Å². The SMILES string of the molecule is COC(=O)C(C(=O)C1CC1(C)C)C(C)C. The minimum Gasteiger partial charge on any atom is -0.468 e. The van der Waals surface area contributed by atoms with Crippen LogP contribution in [-0.4, -0.2) is 18.9 Å². The van der Waals surface area contributed by atoms with Gasteiger partial charge in [-0.3, -0.25) is 9.59 Å². The molecule has 15 heavy (non-hydrogen) atoms. The highest BCUT2D eigenvalue weighted by Crippen LogP contribution is 2.53. The summed E-state index contributed by atoms with van der Waals surface area (Å²) in [5, 5.41) is 0. The lowest BCUT2D eigenvalue weighted by atomic mass is 9.87. The quantitative estimate of drug-likeness (QED) is 0.529. The molecule has 0 aromatic rings. The zero-order valence-electron chi connectivity index (χ0n) is 10.2. The Labute approximate surface area is 91.2 Å². The van der Waals surface area contributed by atoms with Gasteiger partial charge in [0.1, 0.15) is 5.92 Å². The number of carbonyl (C=O) groups is 2. The van der Waals surface area contributed by atoms with Crippen molar-refractivity contribution in [1.82, 2.24) is 0 Å². The molecule has 0 bridgehead atoms. The first-order valence-electron chi connectivity index (χ1n) is 5.43. The molecular weight excluding hydrogens is 192 g/mol. The number of esters is 1. The predicted octanol–water partition coefficient (Wildman–Crippen LogP) is 2.05. The van der Waals surface area contributed by atoms with E-state index in [9.17, 15) is 9.59 Å². The molecule has 0 N–H and O–H groups in total. The second-order valence-corrected chi connectivity index (χ2v) is 5.39. The van der Waals surface area contributed by atoms with Crippen LogP contribution in [0, 0.1) is 23.2 Å². The summed E-state index contributed by atoms with van der Waals surface area (Å²) in [6.07, 6.45) is 0.895. The molecule has 86 valence electrons. The molecule has 1 aliphatic rings. The Morgan fingerprint density at radius 3 is 2.07 bits per heavy atom. The lowest BCUT2D eigenvalue weighted by Gasteiger charge is -2.17. The van der Waals surface area contributed by atoms with Crippen molar-refractivity contribution in [2.45, 2.75) is 34.1 Å². The van der Waals surface area contributed by atoms with E-state index in [1.807, 2.05) is 13.8 Å². The molecular formula is C12H20O3. The number of ketones is 1. The molecule has 1 rings (SSSR count). The number of ether oxygens (including phenoxy) is 1. The van der Waals surface area contributed by atoms with E-state index in [1.165, 1.54) is 7.11 Å². The van der Waals surface area contributed by atoms with Crippen molar-refractivity contribution in [3.05, 3.63) is 0 Å². The summed E-state index contributed by atoms with van der Waals surface area (Å²) in [6.45, 7) is 7.89. The van der Waals surface area contributed by atoms with Crippen molar-refractivity contribution in [1.29, 1.82) is 0 Å². The molecule has 2 unspecified atom stereocenters. The van der Waals surface area contributed by atoms with Crippen molar-refractivity contribution in [2.75, 3.05) is 7.11 Å². The molecule has 1 saturated carbocycles. The van der Waals surface area contributed by atoms with Crippen LogP contribution in [0.25, 0.3) is 0 Å². The molecule has 1 aliphatic carbocycles. The smallest absolute Gasteiger partial charge is 0.316 e. The molecule has 3 heteroatoms. The number of hydrogen-bond acceptors (Lipinski definition) is 3. The van der Waals surface area contributed by atoms with Gasteiger partial charge < -0.3 is 4.74 Å². The van der Waals surface area contributed by atoms with Crippen LogP contribution in [0.1, 0.15) is 34.1 Å². The number of hydrogen-bond donors (Lipinski definition) is 0. The highest BCUT2D eigenvalue weighted by molar-refractivity contribution is 6.01. The Morgan fingerprint density at radius 2 is 1.80 bits per heavy atom. The lowest BCUT2D eigenvalue weighted by Crippen LogP contribution is -2.32. The minimum atomic E-state index is -0.582. The summed E-state index contributed by atoms with van der Waals surface area (Å²) in [7, 11) is 1.34. The van der Waals surface area contributed by atoms with Crippen molar-refractivity contribution in [3.63, 3.8) is 0 Å². The predicted molar refractivity (Wildman–Crippen MR) is 57.2 cm³/mol. The summed E-state index contributed by atoms with van der Waals surface area (Å²) in [4.78, 5) is 23.6. The van der Waals surface area contributed by atoms with Gasteiger partial charge in [-0.1, -0.05) is 27.7 Å². The van der Waals surface area contributed by atoms with Crippen LogP contribution in [0.2, 0.25) is 0 Å². The molecule has 0 spiro atoms. The van der Waals surface area contributed by atoms with Crippen molar-refractivity contribution in [3.8, 4) is 0 Å². The second-order valence-electron chi connectivity index (χ2n) is 5.39. The van der Waals surface area contributed by atoms with Gasteiger partial charge in [-0.25, -0.2) is 0 Å². The third kappa shape index (κ3) is 2.39. The van der Waals surface area contributed by atoms with Gasteiger partial charge in [-0.2, -0.15) is 0 Å². The molecule has 0 amide bonds. The zero-order chi connectivity index (χ0) is 11.8. The molecule has 2 atom stereocenters. The van der Waals surface area contributed by atoms with E-state index >= 15 is 0 Å². The summed E-state index contributed by atoms with van der Waals surface area (Å²) in [5.41, 5.74) is 0.0816. The molecule has 0 aromatic heterocycles. The molecule has 1 fully saturated rings. The van der Waals surface area contributed by atoms with Gasteiger partial charge in [0.15, 0.2) is 5.78 Å². The third-order valence-corrected chi connectivity index (χ3v) is 3.29. The third-order valence-electron chi connectivity index (χ3n) is 3.29. The van der Waals surface area contributed by atoms with E-state index < -0.39 is 11.9 Å². The monoisotopic (exact) mass is 212 g/mol. The first-order chi connectivity index (χ1) is 6.81. The van der Waals surface area contributed by atoms with Gasteiger partial charge in [-0.15, -0.1) is 0 Å². The Bertz CT molecular complexity index is 279. The highest BCUT2D eigenvalue weighted by Gasteiger charge is 2.53. The Balaban J connectivity index is 2.74. The standard InChI is InChI=1S/C12H20O3/c1-7(2)9(11(14)15-5)10(13)8-6-12(8,3)4/h7-9H,6H2,1-5H3. The molecule has 0 heterocycles. The first kappa shape index (κ1) is 12.2. The molecule has 0 aromatic carbocycles. The average Bonchev–Trinajstić information content (AvgIpc) is 2.74. The van der Waals surface area contributed by atoms with Crippen molar-refractivity contribution < 1.29 is 14.3 Å². The van der Waals surface area contributed by atoms with E-state index in [1.54, 1.807) is 0 Å². The first-order valence-corrected chi connectivity index (χ1v) is 5.43. The van der Waals surface area contributed by atoms with Gasteiger partial charge in [0.05, 0.1) is 7.11 Å². The normalized spacial score (nSPS) is 24.8. The van der Waals surface area contributed by atoms with Crippen LogP contribution in [-0.2, 0) is 14.3 Å². The van der Waals surface area contributed by atoms with E-state index in [0.717, 1.165) is 6.42 Å². The fourth-order valence-corrected chi connectivity index (χ4v) is 2.01. The Hall–Kier alpha value is -0.860. The molecule has 0 aliphatic heterocycles. The highest BCUT2D eigenvalue weighted by atomic mass is 16.5. The van der Waals surface area contributed by atoms with Crippen LogP contribution in [0.5, 0.6) is 0 Å². The molecule has 0 radical (unpaired) electrons. The van der Waals surface area contributed by atoms with Crippen LogP contribution in [0.15, 0.2) is 0 Å². The average molecular weight is 212 g/mol. The topological polar surface area (TPSA) is 43.4 Å². The van der Waals surface area contributed by atoms with Crippen LogP contribution in [0.3, 0.4) is 0 Å². The summed E-state index contributed by atoms with van der Waals surface area (Å²) in [6, 6.07) is 0. The van der Waals surface area contributed by atoms with Crippen molar-refractivity contribution >= 4 is 11.8 Å². The summed E-state index contributed by atoms with van der Waals surface area (Å²) >= 11 is 0. The van der Waals surface area contributed by atoms with Crippen molar-refractivity contribution in [2.24, 2.45) is 23.2 Å². The van der Waals surface area contributed by atoms with Gasteiger partial charge in [0.2, 0.25) is 0 Å². The number of carbonyl (C=O) groups excluding carboxylic acids is 2. The fourth-order valence-electron chi connectivity index (χ4n) is 2.01. The number of Topliss-reactive ketones (excluding diaryl/α,β-unsaturated/α-hetero) is 1. The van der Waals surface area contributed by atoms with Crippen LogP contribution < -0.4 is 0 Å². The maximum absolute atomic E-state index is 12.1. The second kappa shape index (κ2) is 3.95. The summed E-state index contributed by atoms with van der Waals surface area (Å²) in [5.74, 6) is -0.855. The van der Waals surface area contributed by atoms with Gasteiger partial charge in [0, 0.05) is 5.92 Å². The van der Waals surface area contributed by atoms with E-state index in [4.69, 9.17) is 0 Å². The van der Waals surface area contributed by atoms with Gasteiger partial charge >= 0.3 is 5.97 Å². The lowest BCUT2D eigenvalue weighted by molar-refractivity contribution is -0.151. The van der Waals surface area contributed by atoms with E-state index in [0.29, 0.717) is 0 Å². The maximum atomic E-state index is 12.1. The largest absolute Gasteiger partial charge is 0.468 e. The Kier molecular flexibility index (Phi) is 3.22. The number of rotatable bonds is 4. The molecule has 3 nitrogen and oxygen atoms in total. The van der Waals surface area contributed by atoms with Crippen LogP contribution in [0.4, 0.5) is 0 Å². The molecule has 0 saturated heterocycles. The number of methoxy groups -OCH3 is 1.